The fraction of sp³-hybridized carbons (Fsp3) is 0.136. The van der Waals surface area contributed by atoms with E-state index in [1.54, 1.807) is 42.8 Å². The number of methoxy groups -OCH3 is 1. The molecular formula is C22H22N2O2S2. The Hall–Kier alpha value is -2.41. The summed E-state index contributed by atoms with van der Waals surface area (Å²) >= 11 is 3.35. The second kappa shape index (κ2) is 10.8. The number of benzene rings is 3. The number of hydrogen-bond donors (Lipinski definition) is 1. The van der Waals surface area contributed by atoms with Crippen molar-refractivity contribution in [3.05, 3.63) is 90.5 Å². The minimum Gasteiger partial charge on any atom is -0.496 e. The van der Waals surface area contributed by atoms with Gasteiger partial charge in [-0.05, 0) is 36.4 Å². The summed E-state index contributed by atoms with van der Waals surface area (Å²) in [4.78, 5) is 15.1. The van der Waals surface area contributed by atoms with Gasteiger partial charge >= 0.3 is 0 Å². The first kappa shape index (κ1) is 20.3. The largest absolute Gasteiger partial charge is 0.496 e. The van der Waals surface area contributed by atoms with Gasteiger partial charge in [0.15, 0.2) is 0 Å². The monoisotopic (exact) mass is 410 g/mol. The summed E-state index contributed by atoms with van der Waals surface area (Å²) in [7, 11) is 1.57. The summed E-state index contributed by atoms with van der Waals surface area (Å²) in [5.41, 5.74) is 3.54. The summed E-state index contributed by atoms with van der Waals surface area (Å²) in [5.74, 6) is 1.64. The lowest BCUT2D eigenvalue weighted by Crippen LogP contribution is -2.41. The van der Waals surface area contributed by atoms with E-state index in [4.69, 9.17) is 4.74 Å². The van der Waals surface area contributed by atoms with Crippen LogP contribution in [0.3, 0.4) is 0 Å². The maximum Gasteiger partial charge on any atom is 0.269 e. The molecule has 1 amide bonds. The number of hydrazine groups is 1. The minimum atomic E-state index is -0.181. The van der Waals surface area contributed by atoms with Crippen LogP contribution in [0, 0.1) is 0 Å². The summed E-state index contributed by atoms with van der Waals surface area (Å²) in [6, 6.07) is 27.5. The molecule has 3 aromatic carbocycles. The standard InChI is InChI=1S/C22H22N2O2S2/c1-26-21-15-9-8-14-20(21)22(25)23-24(16-27-18-10-4-2-5-11-18)17-28-19-12-6-3-7-13-19/h2-15H,16-17H2,1H3,(H,23,25). The Kier molecular flexibility index (Phi) is 7.84. The van der Waals surface area contributed by atoms with Crippen molar-refractivity contribution in [1.29, 1.82) is 0 Å². The Labute approximate surface area is 174 Å². The average molecular weight is 411 g/mol. The summed E-state index contributed by atoms with van der Waals surface area (Å²) in [6.45, 7) is 0. The van der Waals surface area contributed by atoms with E-state index in [1.165, 1.54) is 0 Å². The minimum absolute atomic E-state index is 0.181. The SMILES string of the molecule is COc1ccccc1C(=O)NN(CSc1ccccc1)CSc1ccccc1. The Bertz CT molecular complexity index is 832. The van der Waals surface area contributed by atoms with Crippen molar-refractivity contribution in [3.8, 4) is 5.75 Å². The van der Waals surface area contributed by atoms with Crippen molar-refractivity contribution < 1.29 is 9.53 Å². The number of rotatable bonds is 9. The molecule has 0 atom stereocenters. The van der Waals surface area contributed by atoms with E-state index in [1.807, 2.05) is 53.5 Å². The van der Waals surface area contributed by atoms with Gasteiger partial charge in [0.1, 0.15) is 5.75 Å². The van der Waals surface area contributed by atoms with Crippen molar-refractivity contribution in [3.63, 3.8) is 0 Å². The van der Waals surface area contributed by atoms with Crippen molar-refractivity contribution in [1.82, 2.24) is 10.4 Å². The molecule has 3 rings (SSSR count). The lowest BCUT2D eigenvalue weighted by Gasteiger charge is -2.23. The van der Waals surface area contributed by atoms with Crippen LogP contribution in [-0.2, 0) is 0 Å². The number of para-hydroxylation sites is 1. The number of ether oxygens (including phenoxy) is 1. The van der Waals surface area contributed by atoms with Crippen LogP contribution < -0.4 is 10.2 Å². The van der Waals surface area contributed by atoms with Crippen LogP contribution in [0.1, 0.15) is 10.4 Å². The van der Waals surface area contributed by atoms with Gasteiger partial charge in [-0.3, -0.25) is 10.2 Å². The number of carbonyl (C=O) groups excluding carboxylic acids is 1. The molecule has 0 fully saturated rings. The van der Waals surface area contributed by atoms with E-state index in [2.05, 4.69) is 29.7 Å². The highest BCUT2D eigenvalue weighted by molar-refractivity contribution is 8.00. The van der Waals surface area contributed by atoms with E-state index in [-0.39, 0.29) is 5.91 Å². The predicted octanol–water partition coefficient (Wildman–Crippen LogP) is 5.14. The molecule has 0 saturated heterocycles. The molecule has 0 bridgehead atoms. The third-order valence-electron chi connectivity index (χ3n) is 3.87. The molecule has 0 heterocycles. The Morgan fingerprint density at radius 2 is 1.32 bits per heavy atom. The van der Waals surface area contributed by atoms with Crippen molar-refractivity contribution in [2.24, 2.45) is 0 Å². The molecule has 6 heteroatoms. The molecule has 0 radical (unpaired) electrons. The Balaban J connectivity index is 1.68. The highest BCUT2D eigenvalue weighted by atomic mass is 32.2. The van der Waals surface area contributed by atoms with Crippen LogP contribution in [0.25, 0.3) is 0 Å². The highest BCUT2D eigenvalue weighted by Crippen LogP contribution is 2.23. The van der Waals surface area contributed by atoms with E-state index >= 15 is 0 Å². The lowest BCUT2D eigenvalue weighted by molar-refractivity contribution is 0.0841. The Morgan fingerprint density at radius 1 is 0.821 bits per heavy atom. The van der Waals surface area contributed by atoms with Crippen molar-refractivity contribution >= 4 is 29.4 Å². The molecule has 144 valence electrons. The maximum absolute atomic E-state index is 12.8. The van der Waals surface area contributed by atoms with E-state index in [0.29, 0.717) is 23.1 Å². The molecule has 1 N–H and O–H groups in total. The third-order valence-corrected chi connectivity index (χ3v) is 5.96. The second-order valence-corrected chi connectivity index (χ2v) is 7.89. The van der Waals surface area contributed by atoms with Gasteiger partial charge in [-0.1, -0.05) is 48.5 Å². The molecule has 0 spiro atoms. The van der Waals surface area contributed by atoms with Crippen LogP contribution in [0.2, 0.25) is 0 Å². The van der Waals surface area contributed by atoms with Gasteiger partial charge in [0.25, 0.3) is 5.91 Å². The van der Waals surface area contributed by atoms with Crippen LogP contribution >= 0.6 is 23.5 Å². The van der Waals surface area contributed by atoms with E-state index < -0.39 is 0 Å². The lowest BCUT2D eigenvalue weighted by atomic mass is 10.2. The number of amides is 1. The molecule has 0 aliphatic carbocycles. The molecule has 0 aliphatic heterocycles. The second-order valence-electron chi connectivity index (χ2n) is 5.85. The first-order valence-corrected chi connectivity index (χ1v) is 10.8. The third kappa shape index (κ3) is 6.05. The fourth-order valence-corrected chi connectivity index (χ4v) is 4.21. The van der Waals surface area contributed by atoms with Gasteiger partial charge in [-0.25, -0.2) is 5.01 Å². The fourth-order valence-electron chi connectivity index (χ4n) is 2.48. The maximum atomic E-state index is 12.8. The zero-order valence-electron chi connectivity index (χ0n) is 15.6. The van der Waals surface area contributed by atoms with E-state index in [9.17, 15) is 4.79 Å². The summed E-state index contributed by atoms with van der Waals surface area (Å²) in [5, 5.41) is 1.92. The number of thioether (sulfide) groups is 2. The Morgan fingerprint density at radius 3 is 1.86 bits per heavy atom. The number of hydrogen-bond acceptors (Lipinski definition) is 5. The highest BCUT2D eigenvalue weighted by Gasteiger charge is 2.15. The molecular weight excluding hydrogens is 388 g/mol. The van der Waals surface area contributed by atoms with Gasteiger partial charge in [0, 0.05) is 9.79 Å². The van der Waals surface area contributed by atoms with Crippen molar-refractivity contribution in [2.45, 2.75) is 9.79 Å². The zero-order chi connectivity index (χ0) is 19.6. The molecule has 0 unspecified atom stereocenters. The molecule has 3 aromatic rings. The predicted molar refractivity (Wildman–Crippen MR) is 117 cm³/mol. The summed E-state index contributed by atoms with van der Waals surface area (Å²) < 4.78 is 5.32. The number of nitrogens with one attached hydrogen (secondary N) is 1. The first-order valence-electron chi connectivity index (χ1n) is 8.81. The smallest absolute Gasteiger partial charge is 0.269 e. The van der Waals surface area contributed by atoms with Crippen molar-refractivity contribution in [2.75, 3.05) is 18.9 Å². The van der Waals surface area contributed by atoms with Gasteiger partial charge in [-0.2, -0.15) is 0 Å². The average Bonchev–Trinajstić information content (AvgIpc) is 2.77. The molecule has 0 aliphatic rings. The summed E-state index contributed by atoms with van der Waals surface area (Å²) in [6.07, 6.45) is 0. The molecule has 0 aromatic heterocycles. The van der Waals surface area contributed by atoms with Gasteiger partial charge in [-0.15, -0.1) is 23.5 Å². The molecule has 4 nitrogen and oxygen atoms in total. The van der Waals surface area contributed by atoms with Crippen LogP contribution in [0.5, 0.6) is 5.75 Å². The number of carbonyl (C=O) groups is 1. The van der Waals surface area contributed by atoms with Gasteiger partial charge in [0.2, 0.25) is 0 Å². The first-order chi connectivity index (χ1) is 13.8. The van der Waals surface area contributed by atoms with Gasteiger partial charge < -0.3 is 4.74 Å². The normalized spacial score (nSPS) is 10.6. The molecule has 0 saturated carbocycles. The van der Waals surface area contributed by atoms with Crippen LogP contribution in [0.15, 0.2) is 94.7 Å². The molecule has 28 heavy (non-hydrogen) atoms. The topological polar surface area (TPSA) is 41.6 Å². The van der Waals surface area contributed by atoms with Crippen LogP contribution in [-0.4, -0.2) is 29.8 Å². The van der Waals surface area contributed by atoms with E-state index in [0.717, 1.165) is 9.79 Å². The number of nitrogens with zero attached hydrogens (tertiary/aromatic N) is 1. The van der Waals surface area contributed by atoms with Gasteiger partial charge in [0.05, 0.1) is 24.4 Å². The zero-order valence-corrected chi connectivity index (χ0v) is 17.2. The van der Waals surface area contributed by atoms with Crippen LogP contribution in [0.4, 0.5) is 0 Å². The quantitative estimate of drug-likeness (QED) is 0.300.